The average Bonchev–Trinajstić information content (AvgIpc) is 2.61. The summed E-state index contributed by atoms with van der Waals surface area (Å²) in [5.74, 6) is -1.23. The highest BCUT2D eigenvalue weighted by Gasteiger charge is 2.42. The third kappa shape index (κ3) is 3.40. The number of aliphatic carboxylic acids is 1. The summed E-state index contributed by atoms with van der Waals surface area (Å²) in [7, 11) is -3.55. The second kappa shape index (κ2) is 5.79. The molecule has 0 aromatic rings. The zero-order valence-electron chi connectivity index (χ0n) is 10.1. The molecule has 1 aliphatic heterocycles. The molecule has 1 N–H and O–H groups in total. The van der Waals surface area contributed by atoms with Gasteiger partial charge >= 0.3 is 5.97 Å². The molecule has 2 atom stereocenters. The minimum atomic E-state index is -3.55. The predicted molar refractivity (Wildman–Crippen MR) is 62.2 cm³/mol. The summed E-state index contributed by atoms with van der Waals surface area (Å²) < 4.78 is 30.2. The van der Waals surface area contributed by atoms with E-state index in [0.717, 1.165) is 4.31 Å². The second-order valence-electron chi connectivity index (χ2n) is 4.12. The Kier molecular flexibility index (Phi) is 4.91. The molecular formula is C10H19NO5S. The molecule has 0 bridgehead atoms. The van der Waals surface area contributed by atoms with Gasteiger partial charge in [-0.05, 0) is 26.7 Å². The van der Waals surface area contributed by atoms with Crippen molar-refractivity contribution < 1.29 is 23.1 Å². The Bertz CT molecular complexity index is 367. The first-order chi connectivity index (χ1) is 7.90. The van der Waals surface area contributed by atoms with Gasteiger partial charge in [-0.2, -0.15) is 4.31 Å². The summed E-state index contributed by atoms with van der Waals surface area (Å²) in [5.41, 5.74) is 0. The van der Waals surface area contributed by atoms with E-state index in [1.165, 1.54) is 0 Å². The SMILES string of the molecule is CCOCCS(=O)(=O)N1[C@@H](C)CC[C@H]1C(=O)O. The third-order valence-electron chi connectivity index (χ3n) is 2.90. The van der Waals surface area contributed by atoms with Crippen LogP contribution >= 0.6 is 0 Å². The maximum atomic E-state index is 12.0. The van der Waals surface area contributed by atoms with Crippen LogP contribution < -0.4 is 0 Å². The minimum absolute atomic E-state index is 0.106. The van der Waals surface area contributed by atoms with E-state index in [-0.39, 0.29) is 18.4 Å². The number of hydrogen-bond donors (Lipinski definition) is 1. The van der Waals surface area contributed by atoms with Crippen molar-refractivity contribution >= 4 is 16.0 Å². The second-order valence-corrected chi connectivity index (χ2v) is 6.12. The predicted octanol–water partition coefficient (Wildman–Crippen LogP) is 0.290. The number of nitrogens with zero attached hydrogens (tertiary/aromatic N) is 1. The molecule has 1 aliphatic rings. The van der Waals surface area contributed by atoms with Gasteiger partial charge in [-0.25, -0.2) is 8.42 Å². The van der Waals surface area contributed by atoms with Crippen LogP contribution in [0.3, 0.4) is 0 Å². The maximum absolute atomic E-state index is 12.0. The standard InChI is InChI=1S/C10H19NO5S/c1-3-16-6-7-17(14,15)11-8(2)4-5-9(11)10(12)13/h8-9H,3-7H2,1-2H3,(H,12,13)/t8-,9-/m0/s1. The average molecular weight is 265 g/mol. The van der Waals surface area contributed by atoms with Gasteiger partial charge in [-0.3, -0.25) is 4.79 Å². The van der Waals surface area contributed by atoms with Crippen LogP contribution in [-0.2, 0) is 19.6 Å². The van der Waals surface area contributed by atoms with E-state index in [2.05, 4.69) is 0 Å². The number of carboxylic acid groups (broad SMARTS) is 1. The van der Waals surface area contributed by atoms with E-state index in [1.54, 1.807) is 13.8 Å². The van der Waals surface area contributed by atoms with Crippen LogP contribution in [0, 0.1) is 0 Å². The molecule has 0 unspecified atom stereocenters. The zero-order valence-corrected chi connectivity index (χ0v) is 10.9. The Morgan fingerprint density at radius 3 is 2.65 bits per heavy atom. The summed E-state index contributed by atoms with van der Waals surface area (Å²) in [6.07, 6.45) is 0.967. The van der Waals surface area contributed by atoms with Crippen LogP contribution in [0.25, 0.3) is 0 Å². The Balaban J connectivity index is 2.77. The first kappa shape index (κ1) is 14.4. The molecule has 1 saturated heterocycles. The Labute approximate surface area is 102 Å². The number of sulfonamides is 1. The van der Waals surface area contributed by atoms with Crippen molar-refractivity contribution in [1.29, 1.82) is 0 Å². The lowest BCUT2D eigenvalue weighted by Crippen LogP contribution is -2.45. The monoisotopic (exact) mass is 265 g/mol. The maximum Gasteiger partial charge on any atom is 0.322 e. The molecule has 0 spiro atoms. The number of ether oxygens (including phenoxy) is 1. The van der Waals surface area contributed by atoms with Crippen LogP contribution in [0.1, 0.15) is 26.7 Å². The Hall–Kier alpha value is -0.660. The van der Waals surface area contributed by atoms with Crippen LogP contribution in [0.15, 0.2) is 0 Å². The van der Waals surface area contributed by atoms with E-state index in [4.69, 9.17) is 9.84 Å². The number of carbonyl (C=O) groups is 1. The fraction of sp³-hybridized carbons (Fsp3) is 0.900. The first-order valence-corrected chi connectivity index (χ1v) is 7.32. The van der Waals surface area contributed by atoms with E-state index in [0.29, 0.717) is 19.4 Å². The van der Waals surface area contributed by atoms with E-state index in [9.17, 15) is 13.2 Å². The molecule has 17 heavy (non-hydrogen) atoms. The number of rotatable bonds is 6. The van der Waals surface area contributed by atoms with Gasteiger partial charge in [0.05, 0.1) is 12.4 Å². The van der Waals surface area contributed by atoms with E-state index < -0.39 is 22.0 Å². The molecule has 0 amide bonds. The van der Waals surface area contributed by atoms with Crippen molar-refractivity contribution in [3.63, 3.8) is 0 Å². The van der Waals surface area contributed by atoms with Gasteiger partial charge in [0.25, 0.3) is 0 Å². The molecule has 0 aromatic carbocycles. The zero-order chi connectivity index (χ0) is 13.1. The lowest BCUT2D eigenvalue weighted by Gasteiger charge is -2.25. The van der Waals surface area contributed by atoms with Crippen LogP contribution in [0.4, 0.5) is 0 Å². The molecule has 1 rings (SSSR count). The molecule has 100 valence electrons. The van der Waals surface area contributed by atoms with Crippen molar-refractivity contribution in [2.45, 2.75) is 38.8 Å². The third-order valence-corrected chi connectivity index (χ3v) is 4.83. The van der Waals surface area contributed by atoms with Crippen molar-refractivity contribution in [2.24, 2.45) is 0 Å². The van der Waals surface area contributed by atoms with Crippen molar-refractivity contribution in [1.82, 2.24) is 4.31 Å². The summed E-state index contributed by atoms with van der Waals surface area (Å²) >= 11 is 0. The highest BCUT2D eigenvalue weighted by atomic mass is 32.2. The van der Waals surface area contributed by atoms with Gasteiger partial charge in [-0.15, -0.1) is 0 Å². The lowest BCUT2D eigenvalue weighted by atomic mass is 10.2. The van der Waals surface area contributed by atoms with E-state index in [1.807, 2.05) is 0 Å². The molecule has 0 aromatic heterocycles. The van der Waals surface area contributed by atoms with Crippen molar-refractivity contribution in [2.75, 3.05) is 19.0 Å². The quantitative estimate of drug-likeness (QED) is 0.698. The number of hydrogen-bond acceptors (Lipinski definition) is 4. The topological polar surface area (TPSA) is 83.9 Å². The summed E-state index contributed by atoms with van der Waals surface area (Å²) in [6, 6.07) is -1.17. The Morgan fingerprint density at radius 2 is 2.12 bits per heavy atom. The van der Waals surface area contributed by atoms with Crippen molar-refractivity contribution in [3.05, 3.63) is 0 Å². The van der Waals surface area contributed by atoms with Gasteiger partial charge < -0.3 is 9.84 Å². The molecule has 1 heterocycles. The fourth-order valence-corrected chi connectivity index (χ4v) is 3.85. The highest BCUT2D eigenvalue weighted by molar-refractivity contribution is 7.89. The largest absolute Gasteiger partial charge is 0.480 e. The Morgan fingerprint density at radius 1 is 1.47 bits per heavy atom. The molecule has 0 radical (unpaired) electrons. The van der Waals surface area contributed by atoms with Crippen LogP contribution in [0.5, 0.6) is 0 Å². The lowest BCUT2D eigenvalue weighted by molar-refractivity contribution is -0.140. The first-order valence-electron chi connectivity index (χ1n) is 5.72. The minimum Gasteiger partial charge on any atom is -0.480 e. The van der Waals surface area contributed by atoms with Gasteiger partial charge in [0.15, 0.2) is 0 Å². The number of carboxylic acids is 1. The van der Waals surface area contributed by atoms with Crippen LogP contribution in [-0.4, -0.2) is 54.8 Å². The smallest absolute Gasteiger partial charge is 0.322 e. The fourth-order valence-electron chi connectivity index (χ4n) is 2.08. The van der Waals surface area contributed by atoms with Gasteiger partial charge in [0, 0.05) is 12.6 Å². The molecule has 0 saturated carbocycles. The molecule has 0 aliphatic carbocycles. The molecule has 7 heteroatoms. The van der Waals surface area contributed by atoms with Crippen LogP contribution in [0.2, 0.25) is 0 Å². The molecule has 6 nitrogen and oxygen atoms in total. The van der Waals surface area contributed by atoms with Gasteiger partial charge in [0.2, 0.25) is 10.0 Å². The van der Waals surface area contributed by atoms with Gasteiger partial charge in [0.1, 0.15) is 6.04 Å². The van der Waals surface area contributed by atoms with Gasteiger partial charge in [-0.1, -0.05) is 0 Å². The summed E-state index contributed by atoms with van der Waals surface area (Å²) in [6.45, 7) is 4.08. The molecule has 1 fully saturated rings. The van der Waals surface area contributed by atoms with Crippen molar-refractivity contribution in [3.8, 4) is 0 Å². The van der Waals surface area contributed by atoms with E-state index >= 15 is 0 Å². The summed E-state index contributed by atoms with van der Waals surface area (Å²) in [4.78, 5) is 11.0. The normalized spacial score (nSPS) is 26.2. The molecular weight excluding hydrogens is 246 g/mol. The highest BCUT2D eigenvalue weighted by Crippen LogP contribution is 2.27. The summed E-state index contributed by atoms with van der Waals surface area (Å²) in [5, 5.41) is 9.00.